The molecule has 0 aliphatic carbocycles. The van der Waals surface area contributed by atoms with Crippen molar-refractivity contribution in [1.82, 2.24) is 9.62 Å². The Morgan fingerprint density at radius 1 is 1.39 bits per heavy atom. The number of carbonyl (C=O) groups is 1. The molecule has 7 heteroatoms. The van der Waals surface area contributed by atoms with Crippen LogP contribution in [0.25, 0.3) is 0 Å². The van der Waals surface area contributed by atoms with Crippen LogP contribution in [-0.2, 0) is 14.8 Å². The summed E-state index contributed by atoms with van der Waals surface area (Å²) in [5.41, 5.74) is 0.260. The standard InChI is InChI=1S/C16H20N2O4S/c1-4-8-17-16(19)14-6-5-7-15(9-14)23(20,21)18-10-12(2)22-13(3)11-18/h1,5-7,9,12-13H,8,10-11H2,2-3H3,(H,17,19). The van der Waals surface area contributed by atoms with Crippen LogP contribution in [0.5, 0.6) is 0 Å². The number of hydrogen-bond donors (Lipinski definition) is 1. The molecule has 23 heavy (non-hydrogen) atoms. The highest BCUT2D eigenvalue weighted by Gasteiger charge is 2.32. The average Bonchev–Trinajstić information content (AvgIpc) is 2.51. The molecule has 1 fully saturated rings. The highest BCUT2D eigenvalue weighted by molar-refractivity contribution is 7.89. The molecule has 2 rings (SSSR count). The van der Waals surface area contributed by atoms with Gasteiger partial charge < -0.3 is 10.1 Å². The van der Waals surface area contributed by atoms with Gasteiger partial charge in [0.1, 0.15) is 0 Å². The second kappa shape index (κ2) is 7.13. The lowest BCUT2D eigenvalue weighted by atomic mass is 10.2. The first-order valence-electron chi connectivity index (χ1n) is 7.32. The van der Waals surface area contributed by atoms with Gasteiger partial charge in [-0.1, -0.05) is 12.0 Å². The third kappa shape index (κ3) is 4.10. The smallest absolute Gasteiger partial charge is 0.252 e. The van der Waals surface area contributed by atoms with Gasteiger partial charge in [0.2, 0.25) is 10.0 Å². The van der Waals surface area contributed by atoms with Crippen molar-refractivity contribution in [1.29, 1.82) is 0 Å². The van der Waals surface area contributed by atoms with E-state index >= 15 is 0 Å². The highest BCUT2D eigenvalue weighted by Crippen LogP contribution is 2.21. The molecule has 2 unspecified atom stereocenters. The van der Waals surface area contributed by atoms with Crippen molar-refractivity contribution < 1.29 is 17.9 Å². The van der Waals surface area contributed by atoms with E-state index in [1.54, 1.807) is 12.1 Å². The van der Waals surface area contributed by atoms with E-state index in [-0.39, 0.29) is 29.2 Å². The fourth-order valence-electron chi connectivity index (χ4n) is 2.51. The minimum Gasteiger partial charge on any atom is -0.373 e. The summed E-state index contributed by atoms with van der Waals surface area (Å²) >= 11 is 0. The molecular formula is C16H20N2O4S. The topological polar surface area (TPSA) is 75.7 Å². The van der Waals surface area contributed by atoms with Gasteiger partial charge in [-0.25, -0.2) is 8.42 Å². The van der Waals surface area contributed by atoms with Gasteiger partial charge in [-0.2, -0.15) is 4.31 Å². The first-order chi connectivity index (χ1) is 10.8. The average molecular weight is 336 g/mol. The fraction of sp³-hybridized carbons (Fsp3) is 0.438. The fourth-order valence-corrected chi connectivity index (χ4v) is 4.14. The zero-order valence-corrected chi connectivity index (χ0v) is 14.0. The van der Waals surface area contributed by atoms with Crippen molar-refractivity contribution in [3.8, 4) is 12.3 Å². The van der Waals surface area contributed by atoms with Gasteiger partial charge in [-0.15, -0.1) is 6.42 Å². The van der Waals surface area contributed by atoms with E-state index in [4.69, 9.17) is 11.2 Å². The monoisotopic (exact) mass is 336 g/mol. The predicted octanol–water partition coefficient (Wildman–Crippen LogP) is 0.848. The molecule has 0 spiro atoms. The van der Waals surface area contributed by atoms with Crippen molar-refractivity contribution in [2.45, 2.75) is 31.0 Å². The van der Waals surface area contributed by atoms with Gasteiger partial charge >= 0.3 is 0 Å². The van der Waals surface area contributed by atoms with Crippen LogP contribution >= 0.6 is 0 Å². The third-order valence-corrected chi connectivity index (χ3v) is 5.30. The Morgan fingerprint density at radius 2 is 2.04 bits per heavy atom. The summed E-state index contributed by atoms with van der Waals surface area (Å²) in [4.78, 5) is 12.0. The Kier molecular flexibility index (Phi) is 5.42. The molecule has 1 aliphatic heterocycles. The summed E-state index contributed by atoms with van der Waals surface area (Å²) in [6.07, 6.45) is 4.76. The number of hydrogen-bond acceptors (Lipinski definition) is 4. The lowest BCUT2D eigenvalue weighted by Crippen LogP contribution is -2.48. The Morgan fingerprint density at radius 3 is 2.65 bits per heavy atom. The number of ether oxygens (including phenoxy) is 1. The van der Waals surface area contributed by atoms with Crippen molar-refractivity contribution in [2.75, 3.05) is 19.6 Å². The van der Waals surface area contributed by atoms with Crippen LogP contribution in [0.15, 0.2) is 29.2 Å². The summed E-state index contributed by atoms with van der Waals surface area (Å²) in [6.45, 7) is 4.35. The van der Waals surface area contributed by atoms with Crippen molar-refractivity contribution in [2.24, 2.45) is 0 Å². The molecule has 1 N–H and O–H groups in total. The van der Waals surface area contributed by atoms with E-state index in [9.17, 15) is 13.2 Å². The van der Waals surface area contributed by atoms with Crippen LogP contribution in [-0.4, -0.2) is 50.5 Å². The number of sulfonamides is 1. The Hall–Kier alpha value is -1.88. The molecule has 1 heterocycles. The second-order valence-electron chi connectivity index (χ2n) is 5.49. The van der Waals surface area contributed by atoms with Gasteiger partial charge in [0.15, 0.2) is 0 Å². The van der Waals surface area contributed by atoms with E-state index in [1.807, 2.05) is 13.8 Å². The number of terminal acetylenes is 1. The molecule has 1 aromatic carbocycles. The van der Waals surface area contributed by atoms with Gasteiger partial charge in [0.25, 0.3) is 5.91 Å². The lowest BCUT2D eigenvalue weighted by Gasteiger charge is -2.34. The second-order valence-corrected chi connectivity index (χ2v) is 7.43. The number of amides is 1. The maximum atomic E-state index is 12.8. The van der Waals surface area contributed by atoms with Gasteiger partial charge in [-0.3, -0.25) is 4.79 Å². The number of morpholine rings is 1. The maximum absolute atomic E-state index is 12.8. The maximum Gasteiger partial charge on any atom is 0.252 e. The van der Waals surface area contributed by atoms with Gasteiger partial charge in [0, 0.05) is 18.7 Å². The minimum absolute atomic E-state index is 0.0900. The Balaban J connectivity index is 2.26. The molecule has 1 saturated heterocycles. The van der Waals surface area contributed by atoms with Crippen molar-refractivity contribution >= 4 is 15.9 Å². The number of carbonyl (C=O) groups excluding carboxylic acids is 1. The number of nitrogens with one attached hydrogen (secondary N) is 1. The van der Waals surface area contributed by atoms with Crippen LogP contribution < -0.4 is 5.32 Å². The first-order valence-corrected chi connectivity index (χ1v) is 8.76. The molecule has 0 bridgehead atoms. The zero-order chi connectivity index (χ0) is 17.0. The SMILES string of the molecule is C#CCNC(=O)c1cccc(S(=O)(=O)N2CC(C)OC(C)C2)c1. The molecule has 0 saturated carbocycles. The molecule has 2 atom stereocenters. The summed E-state index contributed by atoms with van der Waals surface area (Å²) in [6, 6.07) is 5.95. The zero-order valence-electron chi connectivity index (χ0n) is 13.2. The van der Waals surface area contributed by atoms with E-state index in [1.165, 1.54) is 16.4 Å². The molecule has 0 radical (unpaired) electrons. The molecule has 6 nitrogen and oxygen atoms in total. The summed E-state index contributed by atoms with van der Waals surface area (Å²) in [7, 11) is -3.67. The van der Waals surface area contributed by atoms with Crippen LogP contribution in [0, 0.1) is 12.3 Å². The number of nitrogens with zero attached hydrogens (tertiary/aromatic N) is 1. The number of rotatable bonds is 4. The van der Waals surface area contributed by atoms with Gasteiger partial charge in [0.05, 0.1) is 23.6 Å². The predicted molar refractivity (Wildman–Crippen MR) is 86.4 cm³/mol. The van der Waals surface area contributed by atoms with Crippen LogP contribution in [0.2, 0.25) is 0 Å². The summed E-state index contributed by atoms with van der Waals surface area (Å²) in [5, 5.41) is 2.52. The van der Waals surface area contributed by atoms with E-state index in [0.29, 0.717) is 13.1 Å². The van der Waals surface area contributed by atoms with Crippen LogP contribution in [0.1, 0.15) is 24.2 Å². The molecule has 1 amide bonds. The largest absolute Gasteiger partial charge is 0.373 e. The van der Waals surface area contributed by atoms with Crippen LogP contribution in [0.4, 0.5) is 0 Å². The van der Waals surface area contributed by atoms with Crippen molar-refractivity contribution in [3.63, 3.8) is 0 Å². The molecule has 0 aromatic heterocycles. The molecule has 1 aromatic rings. The molecule has 1 aliphatic rings. The Bertz CT molecular complexity index is 714. The summed E-state index contributed by atoms with van der Waals surface area (Å²) < 4.78 is 32.5. The van der Waals surface area contributed by atoms with E-state index < -0.39 is 15.9 Å². The third-order valence-electron chi connectivity index (χ3n) is 3.47. The summed E-state index contributed by atoms with van der Waals surface area (Å²) in [5.74, 6) is 1.90. The number of benzene rings is 1. The quantitative estimate of drug-likeness (QED) is 0.827. The lowest BCUT2D eigenvalue weighted by molar-refractivity contribution is -0.0440. The van der Waals surface area contributed by atoms with Crippen LogP contribution in [0.3, 0.4) is 0 Å². The first kappa shape index (κ1) is 17.5. The molecular weight excluding hydrogens is 316 g/mol. The highest BCUT2D eigenvalue weighted by atomic mass is 32.2. The Labute approximate surface area is 136 Å². The van der Waals surface area contributed by atoms with E-state index in [0.717, 1.165) is 0 Å². The van der Waals surface area contributed by atoms with Gasteiger partial charge in [-0.05, 0) is 32.0 Å². The van der Waals surface area contributed by atoms with E-state index in [2.05, 4.69) is 11.2 Å². The van der Waals surface area contributed by atoms with Crippen molar-refractivity contribution in [3.05, 3.63) is 29.8 Å². The normalized spacial score (nSPS) is 22.3. The molecule has 124 valence electrons. The minimum atomic E-state index is -3.67.